The number of hydrogen-bond acceptors (Lipinski definition) is 6. The molecular weight excluding hydrogens is 432 g/mol. The smallest absolute Gasteiger partial charge is 0.336 e. The summed E-state index contributed by atoms with van der Waals surface area (Å²) in [7, 11) is 0. The monoisotopic (exact) mass is 470 g/mol. The van der Waals surface area contributed by atoms with Gasteiger partial charge >= 0.3 is 5.97 Å². The van der Waals surface area contributed by atoms with E-state index in [9.17, 15) is 14.7 Å². The molecule has 0 amide bonds. The number of ketones is 1. The highest BCUT2D eigenvalue weighted by molar-refractivity contribution is 5.91. The molecule has 1 spiro atoms. The predicted octanol–water partition coefficient (Wildman–Crippen LogP) is 3.59. The molecule has 4 saturated carbocycles. The van der Waals surface area contributed by atoms with E-state index in [0.717, 1.165) is 32.1 Å². The van der Waals surface area contributed by atoms with Crippen molar-refractivity contribution in [2.45, 2.75) is 102 Å². The Morgan fingerprint density at radius 1 is 1.00 bits per heavy atom. The maximum absolute atomic E-state index is 13.4. The van der Waals surface area contributed by atoms with E-state index in [0.29, 0.717) is 48.7 Å². The molecule has 0 radical (unpaired) electrons. The van der Waals surface area contributed by atoms with Gasteiger partial charge in [0.15, 0.2) is 0 Å². The van der Waals surface area contributed by atoms with Crippen molar-refractivity contribution in [3.63, 3.8) is 0 Å². The van der Waals surface area contributed by atoms with Gasteiger partial charge in [0.2, 0.25) is 0 Å². The van der Waals surface area contributed by atoms with Crippen LogP contribution in [0.25, 0.3) is 0 Å². The van der Waals surface area contributed by atoms with Crippen LogP contribution in [0.5, 0.6) is 0 Å². The minimum atomic E-state index is -0.594. The number of rotatable bonds is 1. The van der Waals surface area contributed by atoms with Crippen LogP contribution in [0.2, 0.25) is 0 Å². The standard InChI is InChI=1S/C28H38O6/c1-14-24(31)33-21-12-26(14,3)32-13-17(21)19-6-5-18-16-10-23-28(34-23)11-15(29)9-22(30)27(28,4)20(16)7-8-25(18,19)2/h15-21,23,29H,1,5-13H2,2-4H3/t15-,16?,17+,18?,19?,20?,21-,23-,25?,26?,27?,28-/m1/s1. The van der Waals surface area contributed by atoms with Crippen LogP contribution in [-0.4, -0.2) is 53.0 Å². The molecule has 6 nitrogen and oxygen atoms in total. The molecule has 3 aliphatic heterocycles. The fourth-order valence-corrected chi connectivity index (χ4v) is 10.4. The van der Waals surface area contributed by atoms with Crippen molar-refractivity contribution in [3.8, 4) is 0 Å². The van der Waals surface area contributed by atoms with E-state index in [-0.39, 0.29) is 41.7 Å². The summed E-state index contributed by atoms with van der Waals surface area (Å²) in [4.78, 5) is 25.9. The van der Waals surface area contributed by atoms with Crippen LogP contribution in [0.3, 0.4) is 0 Å². The zero-order valence-corrected chi connectivity index (χ0v) is 20.7. The zero-order valence-electron chi connectivity index (χ0n) is 20.7. The molecule has 0 aromatic rings. The average molecular weight is 471 g/mol. The highest BCUT2D eigenvalue weighted by Gasteiger charge is 2.79. The molecular formula is C28H38O6. The summed E-state index contributed by atoms with van der Waals surface area (Å²) in [5.74, 6) is 1.97. The Labute approximate surface area is 201 Å². The Bertz CT molecular complexity index is 991. The van der Waals surface area contributed by atoms with Gasteiger partial charge in [-0.2, -0.15) is 0 Å². The number of ether oxygens (including phenoxy) is 3. The number of carbonyl (C=O) groups is 2. The van der Waals surface area contributed by atoms with E-state index in [1.807, 2.05) is 6.92 Å². The first-order valence-electron chi connectivity index (χ1n) is 13.5. The highest BCUT2D eigenvalue weighted by Crippen LogP contribution is 2.73. The number of hydrogen-bond donors (Lipinski definition) is 1. The lowest BCUT2D eigenvalue weighted by molar-refractivity contribution is -0.201. The molecule has 186 valence electrons. The van der Waals surface area contributed by atoms with Gasteiger partial charge in [-0.25, -0.2) is 4.79 Å². The summed E-state index contributed by atoms with van der Waals surface area (Å²) < 4.78 is 18.6. The van der Waals surface area contributed by atoms with E-state index in [2.05, 4.69) is 20.4 Å². The van der Waals surface area contributed by atoms with E-state index in [1.165, 1.54) is 0 Å². The minimum absolute atomic E-state index is 0.0975. The summed E-state index contributed by atoms with van der Waals surface area (Å²) in [6, 6.07) is 0. The number of fused-ring (bicyclic) bond motifs is 6. The second-order valence-corrected chi connectivity index (χ2v) is 13.4. The van der Waals surface area contributed by atoms with Crippen molar-refractivity contribution in [1.82, 2.24) is 0 Å². The van der Waals surface area contributed by atoms with Gasteiger partial charge in [-0.05, 0) is 75.0 Å². The summed E-state index contributed by atoms with van der Waals surface area (Å²) in [6.45, 7) is 11.2. The molecule has 0 aromatic heterocycles. The number of epoxide rings is 1. The molecule has 7 unspecified atom stereocenters. The van der Waals surface area contributed by atoms with Crippen molar-refractivity contribution < 1.29 is 28.9 Å². The maximum Gasteiger partial charge on any atom is 0.336 e. The summed E-state index contributed by atoms with van der Waals surface area (Å²) in [6.07, 6.45) is 6.50. The number of esters is 1. The summed E-state index contributed by atoms with van der Waals surface area (Å²) in [5.41, 5.74) is -0.872. The van der Waals surface area contributed by atoms with Crippen molar-refractivity contribution in [1.29, 1.82) is 0 Å². The minimum Gasteiger partial charge on any atom is -0.458 e. The van der Waals surface area contributed by atoms with Crippen LogP contribution >= 0.6 is 0 Å². The quantitative estimate of drug-likeness (QED) is 0.358. The first-order chi connectivity index (χ1) is 16.0. The summed E-state index contributed by atoms with van der Waals surface area (Å²) >= 11 is 0. The van der Waals surface area contributed by atoms with Gasteiger partial charge in [0.25, 0.3) is 0 Å². The number of Topliss-reactive ketones (excluding diaryl/α,β-unsaturated/α-hetero) is 1. The molecule has 0 aromatic carbocycles. The van der Waals surface area contributed by atoms with Crippen LogP contribution in [0.15, 0.2) is 12.2 Å². The van der Waals surface area contributed by atoms with Crippen molar-refractivity contribution >= 4 is 11.8 Å². The highest BCUT2D eigenvalue weighted by atomic mass is 16.6. The van der Waals surface area contributed by atoms with Crippen LogP contribution in [0.1, 0.15) is 72.1 Å². The third-order valence-electron chi connectivity index (χ3n) is 12.3. The molecule has 7 fully saturated rings. The van der Waals surface area contributed by atoms with Gasteiger partial charge < -0.3 is 19.3 Å². The topological polar surface area (TPSA) is 85.4 Å². The molecule has 1 N–H and O–H groups in total. The molecule has 34 heavy (non-hydrogen) atoms. The van der Waals surface area contributed by atoms with Crippen molar-refractivity contribution in [3.05, 3.63) is 12.2 Å². The van der Waals surface area contributed by atoms with Gasteiger partial charge in [0, 0.05) is 25.2 Å². The Morgan fingerprint density at radius 3 is 2.50 bits per heavy atom. The predicted molar refractivity (Wildman–Crippen MR) is 123 cm³/mol. The van der Waals surface area contributed by atoms with Crippen molar-refractivity contribution in [2.24, 2.45) is 40.4 Å². The Balaban J connectivity index is 1.18. The van der Waals surface area contributed by atoms with Crippen molar-refractivity contribution in [2.75, 3.05) is 6.61 Å². The Hall–Kier alpha value is -1.24. The zero-order chi connectivity index (χ0) is 23.8. The molecule has 7 rings (SSSR count). The fourth-order valence-electron chi connectivity index (χ4n) is 10.4. The van der Waals surface area contributed by atoms with Gasteiger partial charge in [0.1, 0.15) is 23.1 Å². The van der Waals surface area contributed by atoms with Crippen LogP contribution < -0.4 is 0 Å². The van der Waals surface area contributed by atoms with E-state index in [4.69, 9.17) is 14.2 Å². The lowest BCUT2D eigenvalue weighted by Gasteiger charge is -2.59. The Morgan fingerprint density at radius 2 is 1.74 bits per heavy atom. The third-order valence-corrected chi connectivity index (χ3v) is 12.3. The second kappa shape index (κ2) is 6.54. The first-order valence-corrected chi connectivity index (χ1v) is 13.5. The molecule has 4 aliphatic carbocycles. The fraction of sp³-hybridized carbons (Fsp3) is 0.857. The molecule has 3 heterocycles. The molecule has 12 atom stereocenters. The SMILES string of the molecule is C=C1C(=O)O[C@@H]2CC1(C)OC[C@H]2C1CCC2C3C[C@H]4O[C@]45C[C@H](O)CC(=O)C5(C)C3CCC21C. The molecule has 3 saturated heterocycles. The van der Waals surface area contributed by atoms with Gasteiger partial charge in [-0.15, -0.1) is 0 Å². The number of carbonyl (C=O) groups excluding carboxylic acids is 2. The van der Waals surface area contributed by atoms with Crippen LogP contribution in [-0.2, 0) is 23.8 Å². The molecule has 6 heteroatoms. The van der Waals surface area contributed by atoms with E-state index >= 15 is 0 Å². The van der Waals surface area contributed by atoms with E-state index in [1.54, 1.807) is 0 Å². The van der Waals surface area contributed by atoms with Gasteiger partial charge in [0.05, 0.1) is 29.8 Å². The molecule has 2 bridgehead atoms. The maximum atomic E-state index is 13.4. The molecule has 7 aliphatic rings. The van der Waals surface area contributed by atoms with Gasteiger partial charge in [-0.1, -0.05) is 13.5 Å². The van der Waals surface area contributed by atoms with Crippen LogP contribution in [0.4, 0.5) is 0 Å². The van der Waals surface area contributed by atoms with Crippen LogP contribution in [0, 0.1) is 40.4 Å². The van der Waals surface area contributed by atoms with E-state index < -0.39 is 22.7 Å². The first kappa shape index (κ1) is 22.0. The lowest BCUT2D eigenvalue weighted by Crippen LogP contribution is -2.63. The number of aliphatic hydroxyl groups excluding tert-OH is 1. The lowest BCUT2D eigenvalue weighted by atomic mass is 9.44. The number of aliphatic hydroxyl groups is 1. The second-order valence-electron chi connectivity index (χ2n) is 13.4. The van der Waals surface area contributed by atoms with Gasteiger partial charge in [-0.3, -0.25) is 4.79 Å². The Kier molecular flexibility index (Phi) is 4.23. The average Bonchev–Trinajstić information content (AvgIpc) is 3.36. The summed E-state index contributed by atoms with van der Waals surface area (Å²) in [5, 5.41) is 10.4. The third kappa shape index (κ3) is 2.44. The normalized spacial score (nSPS) is 59.9. The largest absolute Gasteiger partial charge is 0.458 e.